The van der Waals surface area contributed by atoms with E-state index in [1.807, 2.05) is 0 Å². The molecule has 1 heterocycles. The molecule has 0 atom stereocenters. The fourth-order valence-electron chi connectivity index (χ4n) is 2.16. The Morgan fingerprint density at radius 3 is 2.47 bits per heavy atom. The molecule has 0 unspecified atom stereocenters. The van der Waals surface area contributed by atoms with Gasteiger partial charge in [0.05, 0.1) is 6.54 Å². The molecule has 0 radical (unpaired) electrons. The predicted octanol–water partition coefficient (Wildman–Crippen LogP) is 0.411. The first-order valence-electron chi connectivity index (χ1n) is 5.76. The van der Waals surface area contributed by atoms with E-state index in [1.165, 1.54) is 0 Å². The van der Waals surface area contributed by atoms with Crippen molar-refractivity contribution in [3.8, 4) is 12.3 Å². The zero-order valence-electron chi connectivity index (χ0n) is 9.92. The Kier molecular flexibility index (Phi) is 4.59. The van der Waals surface area contributed by atoms with Crippen LogP contribution < -0.4 is 11.1 Å². The van der Waals surface area contributed by atoms with Crippen LogP contribution in [0.5, 0.6) is 0 Å². The lowest BCUT2D eigenvalue weighted by atomic mass is 9.87. The Bertz CT molecular complexity index is 222. The minimum absolute atomic E-state index is 0.0811. The van der Waals surface area contributed by atoms with Crippen LogP contribution in [0.3, 0.4) is 0 Å². The number of piperidine rings is 1. The van der Waals surface area contributed by atoms with E-state index in [-0.39, 0.29) is 5.54 Å². The highest BCUT2D eigenvalue weighted by atomic mass is 15.2. The monoisotopic (exact) mass is 209 g/mol. The number of nitrogens with zero attached hydrogens (tertiary/aromatic N) is 1. The molecule has 3 N–H and O–H groups in total. The van der Waals surface area contributed by atoms with Gasteiger partial charge in [-0.3, -0.25) is 5.32 Å². The van der Waals surface area contributed by atoms with Crippen LogP contribution in [0.2, 0.25) is 0 Å². The lowest BCUT2D eigenvalue weighted by molar-refractivity contribution is 0.117. The SMILES string of the molecule is C#CCNC1(CN)CCN(C(C)C)CC1. The molecular formula is C12H23N3. The molecule has 86 valence electrons. The summed E-state index contributed by atoms with van der Waals surface area (Å²) in [6.45, 7) is 8.02. The van der Waals surface area contributed by atoms with Gasteiger partial charge < -0.3 is 10.6 Å². The molecule has 0 aliphatic carbocycles. The fraction of sp³-hybridized carbons (Fsp3) is 0.833. The molecule has 3 nitrogen and oxygen atoms in total. The first kappa shape index (κ1) is 12.5. The largest absolute Gasteiger partial charge is 0.329 e. The minimum Gasteiger partial charge on any atom is -0.329 e. The number of nitrogens with two attached hydrogens (primary N) is 1. The van der Waals surface area contributed by atoms with Gasteiger partial charge in [-0.15, -0.1) is 6.42 Å². The van der Waals surface area contributed by atoms with Gasteiger partial charge in [0.25, 0.3) is 0 Å². The van der Waals surface area contributed by atoms with E-state index in [0.717, 1.165) is 25.9 Å². The molecular weight excluding hydrogens is 186 g/mol. The second-order valence-electron chi connectivity index (χ2n) is 4.67. The van der Waals surface area contributed by atoms with Gasteiger partial charge in [0.1, 0.15) is 0 Å². The number of hydrogen-bond acceptors (Lipinski definition) is 3. The molecule has 1 rings (SSSR count). The quantitative estimate of drug-likeness (QED) is 0.659. The summed E-state index contributed by atoms with van der Waals surface area (Å²) in [5, 5.41) is 3.41. The molecule has 0 saturated carbocycles. The Hall–Kier alpha value is -0.560. The Labute approximate surface area is 93.4 Å². The summed E-state index contributed by atoms with van der Waals surface area (Å²) < 4.78 is 0. The Morgan fingerprint density at radius 2 is 2.07 bits per heavy atom. The van der Waals surface area contributed by atoms with Crippen LogP contribution in [-0.2, 0) is 0 Å². The van der Waals surface area contributed by atoms with Crippen molar-refractivity contribution >= 4 is 0 Å². The zero-order valence-corrected chi connectivity index (χ0v) is 9.92. The van der Waals surface area contributed by atoms with Crippen molar-refractivity contribution in [2.45, 2.75) is 38.3 Å². The van der Waals surface area contributed by atoms with Gasteiger partial charge in [-0.05, 0) is 26.7 Å². The number of hydrogen-bond donors (Lipinski definition) is 2. The van der Waals surface area contributed by atoms with Crippen molar-refractivity contribution in [2.75, 3.05) is 26.2 Å². The predicted molar refractivity (Wildman–Crippen MR) is 64.6 cm³/mol. The molecule has 1 aliphatic rings. The summed E-state index contributed by atoms with van der Waals surface area (Å²) in [6.07, 6.45) is 7.47. The van der Waals surface area contributed by atoms with E-state index in [9.17, 15) is 0 Å². The molecule has 3 heteroatoms. The number of likely N-dealkylation sites (tertiary alicyclic amines) is 1. The Morgan fingerprint density at radius 1 is 1.47 bits per heavy atom. The summed E-state index contributed by atoms with van der Waals surface area (Å²) in [6, 6.07) is 0.633. The van der Waals surface area contributed by atoms with Crippen LogP contribution in [0.1, 0.15) is 26.7 Å². The van der Waals surface area contributed by atoms with Gasteiger partial charge in [0, 0.05) is 31.2 Å². The lowest BCUT2D eigenvalue weighted by Crippen LogP contribution is -2.58. The van der Waals surface area contributed by atoms with Crippen molar-refractivity contribution in [3.63, 3.8) is 0 Å². The first-order valence-corrected chi connectivity index (χ1v) is 5.76. The van der Waals surface area contributed by atoms with Crippen molar-refractivity contribution in [1.29, 1.82) is 0 Å². The van der Waals surface area contributed by atoms with E-state index in [0.29, 0.717) is 19.1 Å². The molecule has 0 aromatic heterocycles. The van der Waals surface area contributed by atoms with Crippen LogP contribution >= 0.6 is 0 Å². The molecule has 0 spiro atoms. The maximum absolute atomic E-state index is 5.85. The molecule has 0 aromatic carbocycles. The van der Waals surface area contributed by atoms with Crippen LogP contribution in [0.25, 0.3) is 0 Å². The highest BCUT2D eigenvalue weighted by Gasteiger charge is 2.33. The van der Waals surface area contributed by atoms with Crippen LogP contribution in [0, 0.1) is 12.3 Å². The van der Waals surface area contributed by atoms with Crippen molar-refractivity contribution in [1.82, 2.24) is 10.2 Å². The third-order valence-corrected chi connectivity index (χ3v) is 3.44. The summed E-state index contributed by atoms with van der Waals surface area (Å²) >= 11 is 0. The average molecular weight is 209 g/mol. The van der Waals surface area contributed by atoms with E-state index >= 15 is 0 Å². The maximum atomic E-state index is 5.85. The van der Waals surface area contributed by atoms with Crippen molar-refractivity contribution < 1.29 is 0 Å². The van der Waals surface area contributed by atoms with Crippen LogP contribution in [0.15, 0.2) is 0 Å². The summed E-state index contributed by atoms with van der Waals surface area (Å²) in [7, 11) is 0. The first-order chi connectivity index (χ1) is 7.13. The third kappa shape index (κ3) is 3.20. The summed E-state index contributed by atoms with van der Waals surface area (Å²) in [5.74, 6) is 2.63. The third-order valence-electron chi connectivity index (χ3n) is 3.44. The summed E-state index contributed by atoms with van der Waals surface area (Å²) in [5.41, 5.74) is 5.93. The van der Waals surface area contributed by atoms with Gasteiger partial charge in [-0.2, -0.15) is 0 Å². The van der Waals surface area contributed by atoms with Gasteiger partial charge >= 0.3 is 0 Å². The van der Waals surface area contributed by atoms with Crippen molar-refractivity contribution in [2.24, 2.45) is 5.73 Å². The zero-order chi connectivity index (χ0) is 11.3. The standard InChI is InChI=1S/C12H23N3/c1-4-7-14-12(10-13)5-8-15(9-6-12)11(2)3/h1,11,14H,5-10,13H2,2-3H3. The molecule has 0 aromatic rings. The summed E-state index contributed by atoms with van der Waals surface area (Å²) in [4.78, 5) is 2.49. The van der Waals surface area contributed by atoms with E-state index < -0.39 is 0 Å². The van der Waals surface area contributed by atoms with Crippen LogP contribution in [0.4, 0.5) is 0 Å². The number of rotatable bonds is 4. The molecule has 0 amide bonds. The second kappa shape index (κ2) is 5.50. The van der Waals surface area contributed by atoms with E-state index in [1.54, 1.807) is 0 Å². The lowest BCUT2D eigenvalue weighted by Gasteiger charge is -2.43. The van der Waals surface area contributed by atoms with Gasteiger partial charge in [-0.25, -0.2) is 0 Å². The van der Waals surface area contributed by atoms with E-state index in [4.69, 9.17) is 12.2 Å². The topological polar surface area (TPSA) is 41.3 Å². The highest BCUT2D eigenvalue weighted by Crippen LogP contribution is 2.22. The molecule has 0 bridgehead atoms. The molecule has 1 saturated heterocycles. The van der Waals surface area contributed by atoms with Gasteiger partial charge in [0.15, 0.2) is 0 Å². The molecule has 1 aliphatic heterocycles. The average Bonchev–Trinajstić information content (AvgIpc) is 2.27. The van der Waals surface area contributed by atoms with Crippen LogP contribution in [-0.4, -0.2) is 42.7 Å². The number of nitrogens with one attached hydrogen (secondary N) is 1. The Balaban J connectivity index is 2.47. The normalized spacial score (nSPS) is 21.5. The smallest absolute Gasteiger partial charge is 0.0578 e. The maximum Gasteiger partial charge on any atom is 0.0578 e. The number of terminal acetylenes is 1. The molecule has 1 fully saturated rings. The minimum atomic E-state index is 0.0811. The van der Waals surface area contributed by atoms with Gasteiger partial charge in [-0.1, -0.05) is 5.92 Å². The fourth-order valence-corrected chi connectivity index (χ4v) is 2.16. The van der Waals surface area contributed by atoms with E-state index in [2.05, 4.69) is 30.0 Å². The second-order valence-corrected chi connectivity index (χ2v) is 4.67. The molecule has 15 heavy (non-hydrogen) atoms. The van der Waals surface area contributed by atoms with Gasteiger partial charge in [0.2, 0.25) is 0 Å². The van der Waals surface area contributed by atoms with Crippen molar-refractivity contribution in [3.05, 3.63) is 0 Å². The highest BCUT2D eigenvalue weighted by molar-refractivity contribution is 4.99.